The van der Waals surface area contributed by atoms with Crippen molar-refractivity contribution in [2.45, 2.75) is 13.8 Å². The van der Waals surface area contributed by atoms with Crippen molar-refractivity contribution >= 4 is 17.0 Å². The summed E-state index contributed by atoms with van der Waals surface area (Å²) in [5, 5.41) is 0.739. The van der Waals surface area contributed by atoms with E-state index in [2.05, 4.69) is 21.8 Å². The zero-order valence-corrected chi connectivity index (χ0v) is 13.8. The Balaban J connectivity index is 2.05. The van der Waals surface area contributed by atoms with Gasteiger partial charge >= 0.3 is 5.97 Å². The van der Waals surface area contributed by atoms with Crippen LogP contribution in [0.1, 0.15) is 34.2 Å². The Bertz CT molecular complexity index is 960. The van der Waals surface area contributed by atoms with Crippen molar-refractivity contribution in [1.82, 2.24) is 14.5 Å². The fourth-order valence-corrected chi connectivity index (χ4v) is 2.40. The molecule has 2 aromatic heterocycles. The first-order valence-corrected chi connectivity index (χ1v) is 7.66. The van der Waals surface area contributed by atoms with Gasteiger partial charge in [-0.25, -0.2) is 14.8 Å². The van der Waals surface area contributed by atoms with E-state index < -0.39 is 0 Å². The Morgan fingerprint density at radius 3 is 2.67 bits per heavy atom. The van der Waals surface area contributed by atoms with Crippen LogP contribution >= 0.6 is 0 Å². The first kappa shape index (κ1) is 15.8. The maximum Gasteiger partial charge on any atom is 0.355 e. The Kier molecular flexibility index (Phi) is 4.30. The molecule has 0 radical (unpaired) electrons. The van der Waals surface area contributed by atoms with Crippen LogP contribution in [0, 0.1) is 18.8 Å². The smallest absolute Gasteiger partial charge is 0.355 e. The van der Waals surface area contributed by atoms with Crippen LogP contribution in [0.4, 0.5) is 0 Å². The minimum Gasteiger partial charge on any atom is -0.461 e. The third-order valence-electron chi connectivity index (χ3n) is 3.68. The molecule has 0 aliphatic heterocycles. The standard InChI is InChI=1S/C19H17N3O2/c1-4-24-19(23)17-11-15-16(20-12-21-18(15)22(17)3)10-9-14-7-5-13(2)6-8-14/h5-8,11-12H,4H2,1-3H3. The number of ether oxygens (including phenoxy) is 1. The van der Waals surface area contributed by atoms with Gasteiger partial charge in [-0.1, -0.05) is 23.6 Å². The predicted octanol–water partition coefficient (Wildman–Crippen LogP) is 2.85. The summed E-state index contributed by atoms with van der Waals surface area (Å²) in [6.07, 6.45) is 1.45. The van der Waals surface area contributed by atoms with Crippen LogP contribution in [-0.4, -0.2) is 27.1 Å². The SMILES string of the molecule is CCOC(=O)c1cc2c(C#Cc3ccc(C)cc3)ncnc2n1C. The molecule has 120 valence electrons. The van der Waals surface area contributed by atoms with Crippen LogP contribution in [0.3, 0.4) is 0 Å². The highest BCUT2D eigenvalue weighted by Crippen LogP contribution is 2.19. The number of esters is 1. The maximum absolute atomic E-state index is 12.0. The molecule has 0 N–H and O–H groups in total. The van der Waals surface area contributed by atoms with E-state index in [1.807, 2.05) is 31.2 Å². The molecule has 0 amide bonds. The highest BCUT2D eigenvalue weighted by atomic mass is 16.5. The number of hydrogen-bond donors (Lipinski definition) is 0. The van der Waals surface area contributed by atoms with E-state index in [4.69, 9.17) is 4.74 Å². The third kappa shape index (κ3) is 2.99. The minimum atomic E-state index is -0.379. The molecule has 5 heteroatoms. The van der Waals surface area contributed by atoms with Crippen molar-refractivity contribution in [2.24, 2.45) is 7.05 Å². The second-order valence-electron chi connectivity index (χ2n) is 5.38. The monoisotopic (exact) mass is 319 g/mol. The molecule has 0 atom stereocenters. The lowest BCUT2D eigenvalue weighted by Gasteiger charge is -2.02. The molecule has 5 nitrogen and oxygen atoms in total. The zero-order chi connectivity index (χ0) is 17.1. The molecule has 2 heterocycles. The number of aromatic nitrogens is 3. The number of nitrogens with zero attached hydrogens (tertiary/aromatic N) is 3. The van der Waals surface area contributed by atoms with E-state index >= 15 is 0 Å². The van der Waals surface area contributed by atoms with Gasteiger partial charge < -0.3 is 9.30 Å². The molecule has 0 saturated heterocycles. The molecule has 0 aliphatic rings. The summed E-state index contributed by atoms with van der Waals surface area (Å²) in [5.41, 5.74) is 3.78. The molecule has 0 aliphatic carbocycles. The summed E-state index contributed by atoms with van der Waals surface area (Å²) < 4.78 is 6.78. The molecule has 1 aromatic carbocycles. The third-order valence-corrected chi connectivity index (χ3v) is 3.68. The average molecular weight is 319 g/mol. The first-order valence-electron chi connectivity index (χ1n) is 7.66. The molecule has 3 aromatic rings. The number of carbonyl (C=O) groups excluding carboxylic acids is 1. The number of hydrogen-bond acceptors (Lipinski definition) is 4. The predicted molar refractivity (Wildman–Crippen MR) is 91.6 cm³/mol. The summed E-state index contributed by atoms with van der Waals surface area (Å²) in [4.78, 5) is 20.5. The average Bonchev–Trinajstić information content (AvgIpc) is 2.92. The fraction of sp³-hybridized carbons (Fsp3) is 0.211. The molecule has 0 fully saturated rings. The van der Waals surface area contributed by atoms with Gasteiger partial charge in [0.25, 0.3) is 0 Å². The number of aryl methyl sites for hydroxylation is 2. The summed E-state index contributed by atoms with van der Waals surface area (Å²) in [5.74, 6) is 5.79. The van der Waals surface area contributed by atoms with E-state index in [0.717, 1.165) is 10.9 Å². The molecule has 3 rings (SSSR count). The second kappa shape index (κ2) is 6.55. The van der Waals surface area contributed by atoms with Gasteiger partial charge in [0.2, 0.25) is 0 Å². The Hall–Kier alpha value is -3.13. The van der Waals surface area contributed by atoms with E-state index in [1.54, 1.807) is 24.6 Å². The van der Waals surface area contributed by atoms with Gasteiger partial charge in [-0.15, -0.1) is 0 Å². The highest BCUT2D eigenvalue weighted by molar-refractivity contribution is 5.95. The molecule has 24 heavy (non-hydrogen) atoms. The molecule has 0 saturated carbocycles. The van der Waals surface area contributed by atoms with Crippen molar-refractivity contribution in [3.05, 3.63) is 59.2 Å². The van der Waals surface area contributed by atoms with Crippen LogP contribution in [0.15, 0.2) is 36.7 Å². The van der Waals surface area contributed by atoms with E-state index in [-0.39, 0.29) is 5.97 Å². The van der Waals surface area contributed by atoms with Crippen molar-refractivity contribution < 1.29 is 9.53 Å². The van der Waals surface area contributed by atoms with Gasteiger partial charge in [0.05, 0.1) is 12.0 Å². The van der Waals surface area contributed by atoms with Crippen LogP contribution in [0.2, 0.25) is 0 Å². The van der Waals surface area contributed by atoms with Crippen molar-refractivity contribution in [2.75, 3.05) is 6.61 Å². The number of rotatable bonds is 2. The summed E-state index contributed by atoms with van der Waals surface area (Å²) in [6.45, 7) is 4.14. The Morgan fingerprint density at radius 2 is 1.96 bits per heavy atom. The summed E-state index contributed by atoms with van der Waals surface area (Å²) >= 11 is 0. The second-order valence-corrected chi connectivity index (χ2v) is 5.38. The first-order chi connectivity index (χ1) is 11.6. The lowest BCUT2D eigenvalue weighted by atomic mass is 10.1. The van der Waals surface area contributed by atoms with Gasteiger partial charge in [0.1, 0.15) is 23.4 Å². The van der Waals surface area contributed by atoms with Gasteiger partial charge in [-0.05, 0) is 38.0 Å². The van der Waals surface area contributed by atoms with Crippen LogP contribution in [0.5, 0.6) is 0 Å². The number of fused-ring (bicyclic) bond motifs is 1. The zero-order valence-electron chi connectivity index (χ0n) is 13.8. The molecular formula is C19H17N3O2. The molecular weight excluding hydrogens is 302 g/mol. The van der Waals surface area contributed by atoms with Crippen molar-refractivity contribution in [1.29, 1.82) is 0 Å². The van der Waals surface area contributed by atoms with E-state index in [1.165, 1.54) is 11.9 Å². The Labute approximate surface area is 140 Å². The summed E-state index contributed by atoms with van der Waals surface area (Å²) in [7, 11) is 1.78. The van der Waals surface area contributed by atoms with Gasteiger partial charge in [-0.3, -0.25) is 0 Å². The quantitative estimate of drug-likeness (QED) is 0.538. The normalized spacial score (nSPS) is 10.3. The van der Waals surface area contributed by atoms with Gasteiger partial charge in [-0.2, -0.15) is 0 Å². The summed E-state index contributed by atoms with van der Waals surface area (Å²) in [6, 6.07) is 9.69. The lowest BCUT2D eigenvalue weighted by Crippen LogP contribution is -2.09. The maximum atomic E-state index is 12.0. The molecule has 0 unspecified atom stereocenters. The van der Waals surface area contributed by atoms with Crippen LogP contribution in [0.25, 0.3) is 11.0 Å². The van der Waals surface area contributed by atoms with Crippen molar-refractivity contribution in [3.8, 4) is 11.8 Å². The van der Waals surface area contributed by atoms with Crippen LogP contribution < -0.4 is 0 Å². The number of benzene rings is 1. The fourth-order valence-electron chi connectivity index (χ4n) is 2.40. The molecule has 0 bridgehead atoms. The lowest BCUT2D eigenvalue weighted by molar-refractivity contribution is 0.0516. The minimum absolute atomic E-state index is 0.326. The van der Waals surface area contributed by atoms with Crippen LogP contribution in [-0.2, 0) is 11.8 Å². The van der Waals surface area contributed by atoms with Gasteiger partial charge in [0, 0.05) is 12.6 Å². The van der Waals surface area contributed by atoms with E-state index in [0.29, 0.717) is 23.6 Å². The van der Waals surface area contributed by atoms with E-state index in [9.17, 15) is 4.79 Å². The number of carbonyl (C=O) groups is 1. The van der Waals surface area contributed by atoms with Crippen molar-refractivity contribution in [3.63, 3.8) is 0 Å². The largest absolute Gasteiger partial charge is 0.461 e. The van der Waals surface area contributed by atoms with Gasteiger partial charge in [0.15, 0.2) is 0 Å². The Morgan fingerprint density at radius 1 is 1.21 bits per heavy atom. The highest BCUT2D eigenvalue weighted by Gasteiger charge is 2.17. The topological polar surface area (TPSA) is 57.0 Å². The molecule has 0 spiro atoms.